The second kappa shape index (κ2) is 7.65. The number of amides is 1. The van der Waals surface area contributed by atoms with Crippen molar-refractivity contribution in [3.05, 3.63) is 78.2 Å². The topological polar surface area (TPSA) is 57.3 Å². The maximum atomic E-state index is 13.2. The summed E-state index contributed by atoms with van der Waals surface area (Å²) in [5, 5.41) is 5.82. The molecule has 0 spiro atoms. The number of anilines is 4. The van der Waals surface area contributed by atoms with Gasteiger partial charge < -0.3 is 15.5 Å². The molecule has 0 unspecified atom stereocenters. The van der Waals surface area contributed by atoms with E-state index in [0.29, 0.717) is 22.8 Å². The molecule has 6 heteroatoms. The van der Waals surface area contributed by atoms with Gasteiger partial charge in [-0.2, -0.15) is 0 Å². The second-order valence-corrected chi connectivity index (χ2v) is 5.96. The molecule has 0 saturated carbocycles. The minimum atomic E-state index is -0.328. The van der Waals surface area contributed by atoms with E-state index in [9.17, 15) is 9.18 Å². The summed E-state index contributed by atoms with van der Waals surface area (Å²) in [6.07, 6.45) is 1.48. The van der Waals surface area contributed by atoms with Crippen molar-refractivity contribution in [2.45, 2.75) is 0 Å². The molecule has 0 aliphatic rings. The van der Waals surface area contributed by atoms with Crippen LogP contribution in [-0.2, 0) is 0 Å². The van der Waals surface area contributed by atoms with Crippen LogP contribution in [-0.4, -0.2) is 25.0 Å². The van der Waals surface area contributed by atoms with Crippen molar-refractivity contribution in [3.8, 4) is 0 Å². The van der Waals surface area contributed by atoms with Crippen molar-refractivity contribution in [1.82, 2.24) is 4.98 Å². The van der Waals surface area contributed by atoms with Gasteiger partial charge >= 0.3 is 0 Å². The summed E-state index contributed by atoms with van der Waals surface area (Å²) in [6.45, 7) is 0. The first-order valence-electron chi connectivity index (χ1n) is 8.09. The van der Waals surface area contributed by atoms with Crippen LogP contribution in [0.5, 0.6) is 0 Å². The number of aromatic nitrogens is 1. The Balaban J connectivity index is 1.65. The number of nitrogens with one attached hydrogen (secondary N) is 2. The second-order valence-electron chi connectivity index (χ2n) is 5.96. The van der Waals surface area contributed by atoms with Crippen molar-refractivity contribution in [3.63, 3.8) is 0 Å². The van der Waals surface area contributed by atoms with Crippen LogP contribution in [0.2, 0.25) is 0 Å². The molecule has 0 fully saturated rings. The lowest BCUT2D eigenvalue weighted by atomic mass is 10.2. The van der Waals surface area contributed by atoms with Crippen molar-refractivity contribution >= 4 is 28.8 Å². The molecule has 0 aliphatic carbocycles. The minimum Gasteiger partial charge on any atom is -0.378 e. The number of halogens is 1. The predicted octanol–water partition coefficient (Wildman–Crippen LogP) is 4.28. The summed E-state index contributed by atoms with van der Waals surface area (Å²) in [5.74, 6) is -0.0406. The first kappa shape index (κ1) is 17.4. The van der Waals surface area contributed by atoms with Crippen LogP contribution in [0.3, 0.4) is 0 Å². The van der Waals surface area contributed by atoms with E-state index in [1.165, 1.54) is 18.3 Å². The summed E-state index contributed by atoms with van der Waals surface area (Å²) in [4.78, 5) is 18.5. The van der Waals surface area contributed by atoms with Crippen molar-refractivity contribution in [2.24, 2.45) is 0 Å². The van der Waals surface area contributed by atoms with Gasteiger partial charge in [0.15, 0.2) is 0 Å². The third-order valence-corrected chi connectivity index (χ3v) is 3.76. The summed E-state index contributed by atoms with van der Waals surface area (Å²) >= 11 is 0. The highest BCUT2D eigenvalue weighted by Gasteiger charge is 2.07. The van der Waals surface area contributed by atoms with Gasteiger partial charge in [0, 0.05) is 37.4 Å². The highest BCUT2D eigenvalue weighted by atomic mass is 19.1. The fourth-order valence-corrected chi connectivity index (χ4v) is 2.36. The molecule has 5 nitrogen and oxygen atoms in total. The Labute approximate surface area is 151 Å². The zero-order valence-corrected chi connectivity index (χ0v) is 14.5. The summed E-state index contributed by atoms with van der Waals surface area (Å²) in [7, 11) is 3.91. The Hall–Kier alpha value is -3.41. The number of hydrogen-bond donors (Lipinski definition) is 2. The molecule has 1 aromatic heterocycles. The van der Waals surface area contributed by atoms with Gasteiger partial charge in [0.2, 0.25) is 0 Å². The highest BCUT2D eigenvalue weighted by molar-refractivity contribution is 6.04. The lowest BCUT2D eigenvalue weighted by Gasteiger charge is -2.13. The number of carbonyl (C=O) groups excluding carboxylic acids is 1. The van der Waals surface area contributed by atoms with E-state index >= 15 is 0 Å². The maximum Gasteiger partial charge on any atom is 0.257 e. The molecule has 3 aromatic rings. The van der Waals surface area contributed by atoms with E-state index in [1.54, 1.807) is 24.3 Å². The minimum absolute atomic E-state index is 0.243. The Morgan fingerprint density at radius 3 is 2.38 bits per heavy atom. The third-order valence-electron chi connectivity index (χ3n) is 3.76. The van der Waals surface area contributed by atoms with Gasteiger partial charge in [-0.25, -0.2) is 9.37 Å². The number of pyridine rings is 1. The molecule has 0 saturated heterocycles. The largest absolute Gasteiger partial charge is 0.378 e. The number of rotatable bonds is 5. The molecule has 1 amide bonds. The van der Waals surface area contributed by atoms with Crippen molar-refractivity contribution in [1.29, 1.82) is 0 Å². The lowest BCUT2D eigenvalue weighted by molar-refractivity contribution is 0.102. The van der Waals surface area contributed by atoms with Gasteiger partial charge in [-0.15, -0.1) is 0 Å². The fraction of sp³-hybridized carbons (Fsp3) is 0.100. The van der Waals surface area contributed by atoms with E-state index in [4.69, 9.17) is 0 Å². The SMILES string of the molecule is CN(C)c1ccc(NC(=O)c2ccc(Nc3cccc(F)c3)nc2)cc1. The molecule has 1 heterocycles. The molecule has 0 atom stereocenters. The average molecular weight is 350 g/mol. The van der Waals surface area contributed by atoms with E-state index < -0.39 is 0 Å². The first-order chi connectivity index (χ1) is 12.5. The number of nitrogens with zero attached hydrogens (tertiary/aromatic N) is 2. The van der Waals surface area contributed by atoms with E-state index in [1.807, 2.05) is 43.3 Å². The molecule has 132 valence electrons. The summed E-state index contributed by atoms with van der Waals surface area (Å²) in [6, 6.07) is 17.0. The van der Waals surface area contributed by atoms with Crippen molar-refractivity contribution < 1.29 is 9.18 Å². The van der Waals surface area contributed by atoms with Gasteiger partial charge in [0.1, 0.15) is 11.6 Å². The standard InChI is InChI=1S/C20H19FN4O/c1-25(2)18-9-7-16(8-10-18)24-20(26)14-6-11-19(22-13-14)23-17-5-3-4-15(21)12-17/h3-13H,1-2H3,(H,22,23)(H,24,26). The quantitative estimate of drug-likeness (QED) is 0.721. The predicted molar refractivity (Wildman–Crippen MR) is 103 cm³/mol. The molecule has 0 aliphatic heterocycles. The van der Waals surface area contributed by atoms with Crippen LogP contribution in [0.4, 0.5) is 27.3 Å². The van der Waals surface area contributed by atoms with E-state index in [0.717, 1.165) is 5.69 Å². The van der Waals surface area contributed by atoms with Crippen LogP contribution < -0.4 is 15.5 Å². The van der Waals surface area contributed by atoms with Gasteiger partial charge in [-0.3, -0.25) is 4.79 Å². The third kappa shape index (κ3) is 4.36. The molecule has 3 rings (SSSR count). The summed E-state index contributed by atoms with van der Waals surface area (Å²) in [5.41, 5.74) is 2.79. The van der Waals surface area contributed by atoms with E-state index in [2.05, 4.69) is 15.6 Å². The summed E-state index contributed by atoms with van der Waals surface area (Å²) < 4.78 is 13.2. The van der Waals surface area contributed by atoms with Gasteiger partial charge in [-0.1, -0.05) is 6.07 Å². The molecule has 2 N–H and O–H groups in total. The molecule has 0 bridgehead atoms. The Morgan fingerprint density at radius 1 is 1.00 bits per heavy atom. The zero-order valence-electron chi connectivity index (χ0n) is 14.5. The van der Waals surface area contributed by atoms with Gasteiger partial charge in [-0.05, 0) is 54.6 Å². The molecule has 0 radical (unpaired) electrons. The number of hydrogen-bond acceptors (Lipinski definition) is 4. The molecular weight excluding hydrogens is 331 g/mol. The zero-order chi connectivity index (χ0) is 18.5. The van der Waals surface area contributed by atoms with Crippen LogP contribution in [0.15, 0.2) is 66.9 Å². The smallest absolute Gasteiger partial charge is 0.257 e. The number of carbonyl (C=O) groups is 1. The molecular formula is C20H19FN4O. The lowest BCUT2D eigenvalue weighted by Crippen LogP contribution is -2.13. The molecule has 2 aromatic carbocycles. The normalized spacial score (nSPS) is 10.3. The van der Waals surface area contributed by atoms with Gasteiger partial charge in [0.05, 0.1) is 5.56 Å². The van der Waals surface area contributed by atoms with Crippen LogP contribution in [0.25, 0.3) is 0 Å². The molecule has 26 heavy (non-hydrogen) atoms. The van der Waals surface area contributed by atoms with Crippen LogP contribution in [0, 0.1) is 5.82 Å². The highest BCUT2D eigenvalue weighted by Crippen LogP contribution is 2.18. The fourth-order valence-electron chi connectivity index (χ4n) is 2.36. The Morgan fingerprint density at radius 2 is 1.77 bits per heavy atom. The monoisotopic (exact) mass is 350 g/mol. The van der Waals surface area contributed by atoms with Gasteiger partial charge in [0.25, 0.3) is 5.91 Å². The Kier molecular flexibility index (Phi) is 5.12. The Bertz CT molecular complexity index is 892. The van der Waals surface area contributed by atoms with Crippen molar-refractivity contribution in [2.75, 3.05) is 29.6 Å². The average Bonchev–Trinajstić information content (AvgIpc) is 2.63. The number of benzene rings is 2. The van der Waals surface area contributed by atoms with Crippen LogP contribution in [0.1, 0.15) is 10.4 Å². The van der Waals surface area contributed by atoms with E-state index in [-0.39, 0.29) is 11.7 Å². The first-order valence-corrected chi connectivity index (χ1v) is 8.09. The maximum absolute atomic E-state index is 13.2. The van der Waals surface area contributed by atoms with Crippen LogP contribution >= 0.6 is 0 Å².